The summed E-state index contributed by atoms with van der Waals surface area (Å²) in [5, 5.41) is 14.7. The van der Waals surface area contributed by atoms with Gasteiger partial charge in [0, 0.05) is 30.8 Å². The topological polar surface area (TPSA) is 210 Å². The first-order valence-corrected chi connectivity index (χ1v) is 11.9. The highest BCUT2D eigenvalue weighted by atomic mass is 31.2. The summed E-state index contributed by atoms with van der Waals surface area (Å²) in [4.78, 5) is 43.6. The molecule has 182 valence electrons. The fraction of sp³-hybridized carbons (Fsp3) is 0.667. The maximum absolute atomic E-state index is 12.4. The van der Waals surface area contributed by atoms with Crippen LogP contribution in [0.15, 0.2) is 23.9 Å². The number of carbonyl (C=O) groups excluding carboxylic acids is 2. The van der Waals surface area contributed by atoms with Crippen molar-refractivity contribution >= 4 is 19.8 Å². The van der Waals surface area contributed by atoms with Crippen LogP contribution in [0.4, 0.5) is 4.79 Å². The van der Waals surface area contributed by atoms with Crippen LogP contribution in [0, 0.1) is 0 Å². The SMILES string of the molecule is NCCCCCCNC(=O)C=CC1=CN([C@H]2CC(OP(=O)(O)O)[C@@H](CO)O2)C(=O)NC1N. The monoisotopic (exact) mass is 477 g/mol. The summed E-state index contributed by atoms with van der Waals surface area (Å²) in [7, 11) is -4.82. The Bertz CT molecular complexity index is 758. The maximum atomic E-state index is 12.4. The number of nitrogens with one attached hydrogen (secondary N) is 2. The average Bonchev–Trinajstić information content (AvgIpc) is 3.10. The number of phosphoric acid groups is 1. The molecule has 0 saturated carbocycles. The number of unbranched alkanes of at least 4 members (excludes halogenated alkanes) is 3. The summed E-state index contributed by atoms with van der Waals surface area (Å²) in [6, 6.07) is -0.602. The van der Waals surface area contributed by atoms with Gasteiger partial charge in [-0.15, -0.1) is 0 Å². The van der Waals surface area contributed by atoms with Crippen molar-refractivity contribution in [2.75, 3.05) is 19.7 Å². The molecule has 14 heteroatoms. The Kier molecular flexibility index (Phi) is 10.3. The van der Waals surface area contributed by atoms with Crippen molar-refractivity contribution in [3.8, 4) is 0 Å². The summed E-state index contributed by atoms with van der Waals surface area (Å²) in [5.74, 6) is -0.312. The van der Waals surface area contributed by atoms with Gasteiger partial charge in [0.15, 0.2) is 0 Å². The number of hydrogen-bond donors (Lipinski definition) is 7. The highest BCUT2D eigenvalue weighted by Crippen LogP contribution is 2.42. The molecule has 13 nitrogen and oxygen atoms in total. The lowest BCUT2D eigenvalue weighted by molar-refractivity contribution is -0.116. The Morgan fingerprint density at radius 1 is 1.38 bits per heavy atom. The van der Waals surface area contributed by atoms with Gasteiger partial charge in [-0.25, -0.2) is 9.36 Å². The molecule has 32 heavy (non-hydrogen) atoms. The Labute approximate surface area is 186 Å². The summed E-state index contributed by atoms with van der Waals surface area (Å²) in [5.41, 5.74) is 11.8. The van der Waals surface area contributed by atoms with Crippen molar-refractivity contribution in [1.29, 1.82) is 0 Å². The third kappa shape index (κ3) is 8.26. The lowest BCUT2D eigenvalue weighted by Gasteiger charge is -2.32. The first kappa shape index (κ1) is 26.4. The number of nitrogens with two attached hydrogens (primary N) is 2. The van der Waals surface area contributed by atoms with Crippen LogP contribution in [0.3, 0.4) is 0 Å². The molecule has 9 N–H and O–H groups in total. The molecule has 0 aliphatic carbocycles. The molecule has 0 aromatic rings. The van der Waals surface area contributed by atoms with E-state index in [9.17, 15) is 19.3 Å². The molecule has 2 unspecified atom stereocenters. The van der Waals surface area contributed by atoms with Crippen LogP contribution in [-0.4, -0.2) is 76.0 Å². The van der Waals surface area contributed by atoms with Gasteiger partial charge in [-0.1, -0.05) is 12.8 Å². The quantitative estimate of drug-likeness (QED) is 0.103. The van der Waals surface area contributed by atoms with Crippen molar-refractivity contribution < 1.29 is 38.3 Å². The lowest BCUT2D eigenvalue weighted by atomic mass is 10.1. The smallest absolute Gasteiger partial charge is 0.394 e. The third-order valence-corrected chi connectivity index (χ3v) is 5.51. The second kappa shape index (κ2) is 12.4. The van der Waals surface area contributed by atoms with E-state index in [4.69, 9.17) is 26.0 Å². The lowest BCUT2D eigenvalue weighted by Crippen LogP contribution is -2.54. The molecule has 0 aromatic carbocycles. The van der Waals surface area contributed by atoms with E-state index in [0.29, 0.717) is 18.7 Å². The minimum Gasteiger partial charge on any atom is -0.394 e. The molecule has 1 fully saturated rings. The Balaban J connectivity index is 1.97. The highest BCUT2D eigenvalue weighted by Gasteiger charge is 2.43. The van der Waals surface area contributed by atoms with E-state index in [2.05, 4.69) is 15.2 Å². The van der Waals surface area contributed by atoms with Crippen molar-refractivity contribution in [2.24, 2.45) is 11.5 Å². The number of rotatable bonds is 12. The van der Waals surface area contributed by atoms with Gasteiger partial charge in [-0.3, -0.25) is 14.2 Å². The third-order valence-electron chi connectivity index (χ3n) is 4.96. The molecule has 2 rings (SSSR count). The maximum Gasteiger partial charge on any atom is 0.469 e. The standard InChI is InChI=1S/C18H32N5O8P/c19-7-3-1-2-4-8-21-15(25)6-5-12-10-23(18(26)22-17(12)20)16-9-13(14(11-24)30-16)31-32(27,28)29/h5-6,10,13-14,16-17,24H,1-4,7-9,11,19-20H2,(H,21,25)(H,22,26)(H2,27,28,29)/t13?,14-,16-,17?/m1/s1. The van der Waals surface area contributed by atoms with E-state index in [1.165, 1.54) is 18.4 Å². The first-order chi connectivity index (χ1) is 15.1. The molecule has 3 amide bonds. The molecule has 0 bridgehead atoms. The predicted octanol–water partition coefficient (Wildman–Crippen LogP) is -1.04. The van der Waals surface area contributed by atoms with Gasteiger partial charge in [0.2, 0.25) is 5.91 Å². The molecule has 1 saturated heterocycles. The number of aliphatic hydroxyl groups excluding tert-OH is 1. The zero-order valence-corrected chi connectivity index (χ0v) is 18.5. The summed E-state index contributed by atoms with van der Waals surface area (Å²) in [6.45, 7) is 0.627. The van der Waals surface area contributed by atoms with Crippen molar-refractivity contribution in [2.45, 2.75) is 56.7 Å². The zero-order chi connectivity index (χ0) is 23.7. The van der Waals surface area contributed by atoms with Gasteiger partial charge < -0.3 is 41.7 Å². The predicted molar refractivity (Wildman–Crippen MR) is 113 cm³/mol. The van der Waals surface area contributed by atoms with Crippen LogP contribution in [0.5, 0.6) is 0 Å². The number of amides is 3. The van der Waals surface area contributed by atoms with Crippen molar-refractivity contribution in [3.05, 3.63) is 23.9 Å². The van der Waals surface area contributed by atoms with Gasteiger partial charge >= 0.3 is 13.9 Å². The van der Waals surface area contributed by atoms with E-state index in [1.54, 1.807) is 0 Å². The zero-order valence-electron chi connectivity index (χ0n) is 17.6. The number of urea groups is 1. The molecule has 2 aliphatic rings. The van der Waals surface area contributed by atoms with Crippen molar-refractivity contribution in [1.82, 2.24) is 15.5 Å². The van der Waals surface area contributed by atoms with Gasteiger partial charge in [0.25, 0.3) is 0 Å². The summed E-state index contributed by atoms with van der Waals surface area (Å²) >= 11 is 0. The van der Waals surface area contributed by atoms with E-state index >= 15 is 0 Å². The van der Waals surface area contributed by atoms with Crippen LogP contribution in [-0.2, 0) is 18.6 Å². The number of nitrogens with zero attached hydrogens (tertiary/aromatic N) is 1. The Morgan fingerprint density at radius 2 is 2.09 bits per heavy atom. The fourth-order valence-electron chi connectivity index (χ4n) is 3.34. The number of aliphatic hydroxyl groups is 1. The average molecular weight is 477 g/mol. The first-order valence-electron chi connectivity index (χ1n) is 10.4. The molecular formula is C18H32N5O8P. The minimum absolute atomic E-state index is 0.0862. The molecule has 0 radical (unpaired) electrons. The second-order valence-electron chi connectivity index (χ2n) is 7.47. The van der Waals surface area contributed by atoms with E-state index < -0.39 is 45.1 Å². The van der Waals surface area contributed by atoms with Crippen LogP contribution < -0.4 is 22.1 Å². The number of phosphoric ester groups is 1. The van der Waals surface area contributed by atoms with Gasteiger partial charge in [0.1, 0.15) is 24.6 Å². The van der Waals surface area contributed by atoms with Gasteiger partial charge in [-0.05, 0) is 25.5 Å². The summed E-state index contributed by atoms with van der Waals surface area (Å²) < 4.78 is 21.3. The highest BCUT2D eigenvalue weighted by molar-refractivity contribution is 7.46. The molecule has 0 spiro atoms. The number of ether oxygens (including phenoxy) is 1. The van der Waals surface area contributed by atoms with Gasteiger partial charge in [-0.2, -0.15) is 0 Å². The number of hydrogen-bond acceptors (Lipinski definition) is 8. The normalized spacial score (nSPS) is 26.3. The largest absolute Gasteiger partial charge is 0.469 e. The molecule has 2 heterocycles. The van der Waals surface area contributed by atoms with Crippen LogP contribution in [0.25, 0.3) is 0 Å². The van der Waals surface area contributed by atoms with E-state index in [0.717, 1.165) is 30.6 Å². The minimum atomic E-state index is -4.82. The molecular weight excluding hydrogens is 445 g/mol. The van der Waals surface area contributed by atoms with Gasteiger partial charge in [0.05, 0.1) is 6.61 Å². The summed E-state index contributed by atoms with van der Waals surface area (Å²) in [6.07, 6.45) is 3.88. The second-order valence-corrected chi connectivity index (χ2v) is 8.66. The molecule has 2 aliphatic heterocycles. The van der Waals surface area contributed by atoms with Crippen LogP contribution >= 0.6 is 7.82 Å². The molecule has 0 aromatic heterocycles. The fourth-order valence-corrected chi connectivity index (χ4v) is 3.91. The molecule has 4 atom stereocenters. The van der Waals surface area contributed by atoms with Crippen LogP contribution in [0.1, 0.15) is 32.1 Å². The number of carbonyl (C=O) groups is 2. The Morgan fingerprint density at radius 3 is 2.75 bits per heavy atom. The van der Waals surface area contributed by atoms with Crippen molar-refractivity contribution in [3.63, 3.8) is 0 Å². The van der Waals surface area contributed by atoms with E-state index in [1.807, 2.05) is 0 Å². The van der Waals surface area contributed by atoms with Crippen LogP contribution in [0.2, 0.25) is 0 Å². The Hall–Kier alpha value is -1.83. The van der Waals surface area contributed by atoms with E-state index in [-0.39, 0.29) is 12.3 Å².